The second kappa shape index (κ2) is 6.35. The molecule has 0 amide bonds. The van der Waals surface area contributed by atoms with Crippen molar-refractivity contribution in [1.29, 1.82) is 0 Å². The van der Waals surface area contributed by atoms with E-state index in [0.29, 0.717) is 13.2 Å². The average Bonchev–Trinajstić information content (AvgIpc) is 2.01. The molecule has 0 spiro atoms. The van der Waals surface area contributed by atoms with Gasteiger partial charge < -0.3 is 15.2 Å². The molecule has 1 fully saturated rings. The van der Waals surface area contributed by atoms with Crippen LogP contribution in [0.4, 0.5) is 0 Å². The molecular formula is C10H21NO2. The predicted molar refractivity (Wildman–Crippen MR) is 52.7 cm³/mol. The Labute approximate surface area is 80.5 Å². The molecule has 1 unspecified atom stereocenters. The fraction of sp³-hybridized carbons (Fsp3) is 1.00. The molecule has 13 heavy (non-hydrogen) atoms. The minimum Gasteiger partial charge on any atom is -0.389 e. The molecule has 2 N–H and O–H groups in total. The van der Waals surface area contributed by atoms with Gasteiger partial charge in [0.1, 0.15) is 0 Å². The molecule has 1 aliphatic rings. The Bertz CT molecular complexity index is 126. The number of aliphatic hydroxyl groups excluding tert-OH is 1. The summed E-state index contributed by atoms with van der Waals surface area (Å²) in [6.45, 7) is 1.89. The van der Waals surface area contributed by atoms with Crippen molar-refractivity contribution in [2.45, 2.75) is 31.8 Å². The van der Waals surface area contributed by atoms with Gasteiger partial charge in [0.25, 0.3) is 0 Å². The average molecular weight is 187 g/mol. The summed E-state index contributed by atoms with van der Waals surface area (Å²) < 4.78 is 5.36. The number of hydrogen-bond donors (Lipinski definition) is 2. The highest BCUT2D eigenvalue weighted by atomic mass is 16.5. The molecule has 1 atom stereocenters. The minimum absolute atomic E-state index is 0.355. The van der Waals surface area contributed by atoms with E-state index in [1.165, 1.54) is 25.7 Å². The van der Waals surface area contributed by atoms with Crippen molar-refractivity contribution in [3.05, 3.63) is 0 Å². The van der Waals surface area contributed by atoms with Crippen LogP contribution in [0.1, 0.15) is 25.7 Å². The van der Waals surface area contributed by atoms with Gasteiger partial charge in [-0.2, -0.15) is 0 Å². The highest BCUT2D eigenvalue weighted by Gasteiger charge is 2.16. The normalized spacial score (nSPS) is 19.8. The van der Waals surface area contributed by atoms with E-state index < -0.39 is 0 Å². The van der Waals surface area contributed by atoms with E-state index in [1.807, 2.05) is 7.05 Å². The van der Waals surface area contributed by atoms with E-state index in [4.69, 9.17) is 4.74 Å². The Kier molecular flexibility index (Phi) is 5.35. The van der Waals surface area contributed by atoms with Crippen LogP contribution in [-0.4, -0.2) is 38.0 Å². The summed E-state index contributed by atoms with van der Waals surface area (Å²) in [7, 11) is 1.83. The highest BCUT2D eigenvalue weighted by Crippen LogP contribution is 2.28. The second-order valence-corrected chi connectivity index (χ2v) is 3.87. The molecule has 1 aliphatic carbocycles. The van der Waals surface area contributed by atoms with Gasteiger partial charge in [0.05, 0.1) is 12.7 Å². The molecule has 0 aromatic rings. The van der Waals surface area contributed by atoms with Crippen LogP contribution in [0.5, 0.6) is 0 Å². The quantitative estimate of drug-likeness (QED) is 0.579. The SMILES string of the molecule is CNCC(O)COCCC1CCC1. The largest absolute Gasteiger partial charge is 0.389 e. The molecular weight excluding hydrogens is 166 g/mol. The van der Waals surface area contributed by atoms with Crippen LogP contribution in [0.25, 0.3) is 0 Å². The highest BCUT2D eigenvalue weighted by molar-refractivity contribution is 4.68. The smallest absolute Gasteiger partial charge is 0.0897 e. The van der Waals surface area contributed by atoms with Gasteiger partial charge in [0.15, 0.2) is 0 Å². The first-order valence-corrected chi connectivity index (χ1v) is 5.23. The van der Waals surface area contributed by atoms with Crippen molar-refractivity contribution in [3.8, 4) is 0 Å². The number of nitrogens with one attached hydrogen (secondary N) is 1. The van der Waals surface area contributed by atoms with Gasteiger partial charge in [-0.25, -0.2) is 0 Å². The Morgan fingerprint density at radius 2 is 2.31 bits per heavy atom. The van der Waals surface area contributed by atoms with Gasteiger partial charge in [-0.05, 0) is 19.4 Å². The van der Waals surface area contributed by atoms with Crippen LogP contribution in [0.3, 0.4) is 0 Å². The van der Waals surface area contributed by atoms with Crippen molar-refractivity contribution in [1.82, 2.24) is 5.32 Å². The number of ether oxygens (including phenoxy) is 1. The third-order valence-corrected chi connectivity index (χ3v) is 2.65. The summed E-state index contributed by atoms with van der Waals surface area (Å²) in [5.41, 5.74) is 0. The van der Waals surface area contributed by atoms with E-state index in [2.05, 4.69) is 5.32 Å². The lowest BCUT2D eigenvalue weighted by molar-refractivity contribution is 0.0285. The first-order chi connectivity index (χ1) is 6.33. The maximum atomic E-state index is 9.30. The van der Waals surface area contributed by atoms with Crippen LogP contribution in [0.15, 0.2) is 0 Å². The third kappa shape index (κ3) is 4.60. The molecule has 0 radical (unpaired) electrons. The van der Waals surface area contributed by atoms with Crippen LogP contribution in [0, 0.1) is 5.92 Å². The Hall–Kier alpha value is -0.120. The second-order valence-electron chi connectivity index (χ2n) is 3.87. The maximum Gasteiger partial charge on any atom is 0.0897 e. The lowest BCUT2D eigenvalue weighted by Crippen LogP contribution is -2.28. The van der Waals surface area contributed by atoms with Gasteiger partial charge in [-0.15, -0.1) is 0 Å². The molecule has 0 aliphatic heterocycles. The summed E-state index contributed by atoms with van der Waals surface area (Å²) in [6.07, 6.45) is 4.97. The van der Waals surface area contributed by atoms with E-state index in [9.17, 15) is 5.11 Å². The molecule has 0 heterocycles. The van der Waals surface area contributed by atoms with Crippen molar-refractivity contribution < 1.29 is 9.84 Å². The topological polar surface area (TPSA) is 41.5 Å². The maximum absolute atomic E-state index is 9.30. The minimum atomic E-state index is -0.355. The van der Waals surface area contributed by atoms with E-state index in [0.717, 1.165) is 12.5 Å². The van der Waals surface area contributed by atoms with Gasteiger partial charge in [-0.3, -0.25) is 0 Å². The predicted octanol–water partition coefficient (Wildman–Crippen LogP) is 0.773. The molecule has 0 aromatic heterocycles. The fourth-order valence-corrected chi connectivity index (χ4v) is 1.55. The van der Waals surface area contributed by atoms with Crippen LogP contribution in [0.2, 0.25) is 0 Å². The number of likely N-dealkylation sites (N-methyl/N-ethyl adjacent to an activating group) is 1. The zero-order valence-electron chi connectivity index (χ0n) is 8.46. The van der Waals surface area contributed by atoms with Crippen LogP contribution in [-0.2, 0) is 4.74 Å². The summed E-state index contributed by atoms with van der Waals surface area (Å²) in [4.78, 5) is 0. The molecule has 3 nitrogen and oxygen atoms in total. The molecule has 78 valence electrons. The monoisotopic (exact) mass is 187 g/mol. The van der Waals surface area contributed by atoms with E-state index >= 15 is 0 Å². The number of aliphatic hydroxyl groups is 1. The van der Waals surface area contributed by atoms with E-state index in [-0.39, 0.29) is 6.10 Å². The molecule has 3 heteroatoms. The first-order valence-electron chi connectivity index (χ1n) is 5.23. The van der Waals surface area contributed by atoms with Crippen molar-refractivity contribution in [2.24, 2.45) is 5.92 Å². The van der Waals surface area contributed by atoms with Gasteiger partial charge in [0.2, 0.25) is 0 Å². The molecule has 0 saturated heterocycles. The molecule has 0 bridgehead atoms. The lowest BCUT2D eigenvalue weighted by atomic mass is 9.83. The summed E-state index contributed by atoms with van der Waals surface area (Å²) >= 11 is 0. The molecule has 1 rings (SSSR count). The Balaban J connectivity index is 1.82. The number of hydrogen-bond acceptors (Lipinski definition) is 3. The summed E-state index contributed by atoms with van der Waals surface area (Å²) in [5, 5.41) is 12.2. The molecule has 0 aromatic carbocycles. The van der Waals surface area contributed by atoms with Gasteiger partial charge in [-0.1, -0.05) is 19.3 Å². The zero-order valence-corrected chi connectivity index (χ0v) is 8.46. The Morgan fingerprint density at radius 1 is 1.54 bits per heavy atom. The van der Waals surface area contributed by atoms with Crippen molar-refractivity contribution >= 4 is 0 Å². The summed E-state index contributed by atoms with van der Waals surface area (Å²) in [6, 6.07) is 0. The third-order valence-electron chi connectivity index (χ3n) is 2.65. The van der Waals surface area contributed by atoms with Crippen LogP contribution < -0.4 is 5.32 Å². The zero-order chi connectivity index (χ0) is 9.52. The van der Waals surface area contributed by atoms with E-state index in [1.54, 1.807) is 0 Å². The number of rotatable bonds is 7. The standard InChI is InChI=1S/C10H21NO2/c1-11-7-10(12)8-13-6-5-9-3-2-4-9/h9-12H,2-8H2,1H3. The van der Waals surface area contributed by atoms with Gasteiger partial charge >= 0.3 is 0 Å². The molecule has 1 saturated carbocycles. The Morgan fingerprint density at radius 3 is 2.85 bits per heavy atom. The van der Waals surface area contributed by atoms with Crippen molar-refractivity contribution in [2.75, 3.05) is 26.8 Å². The fourth-order valence-electron chi connectivity index (χ4n) is 1.55. The van der Waals surface area contributed by atoms with Crippen LogP contribution >= 0.6 is 0 Å². The first kappa shape index (κ1) is 11.0. The van der Waals surface area contributed by atoms with Crippen molar-refractivity contribution in [3.63, 3.8) is 0 Å². The van der Waals surface area contributed by atoms with Gasteiger partial charge in [0, 0.05) is 13.2 Å². The lowest BCUT2D eigenvalue weighted by Gasteiger charge is -2.25. The summed E-state index contributed by atoms with van der Waals surface area (Å²) in [5.74, 6) is 0.904.